The summed E-state index contributed by atoms with van der Waals surface area (Å²) in [6, 6.07) is 12.3. The smallest absolute Gasteiger partial charge is 0.262 e. The fourth-order valence-electron chi connectivity index (χ4n) is 2.12. The van der Waals surface area contributed by atoms with Crippen molar-refractivity contribution in [3.05, 3.63) is 69.7 Å². The molecule has 0 spiro atoms. The van der Waals surface area contributed by atoms with Gasteiger partial charge in [0.05, 0.1) is 10.7 Å². The van der Waals surface area contributed by atoms with Gasteiger partial charge in [0.1, 0.15) is 0 Å². The Kier molecular flexibility index (Phi) is 8.04. The lowest BCUT2D eigenvalue weighted by molar-refractivity contribution is -0.128. The van der Waals surface area contributed by atoms with Gasteiger partial charge in [-0.1, -0.05) is 53.0 Å². The van der Waals surface area contributed by atoms with Crippen molar-refractivity contribution >= 4 is 52.7 Å². The number of hydrazine groups is 1. The number of aryl methyl sites for hydroxylation is 1. The van der Waals surface area contributed by atoms with E-state index < -0.39 is 11.8 Å². The summed E-state index contributed by atoms with van der Waals surface area (Å²) >= 11 is 11.8. The summed E-state index contributed by atoms with van der Waals surface area (Å²) in [5.74, 6) is -1.36. The van der Waals surface area contributed by atoms with Gasteiger partial charge >= 0.3 is 0 Å². The average molecular weight is 420 g/mol. The Bertz CT molecular complexity index is 896. The molecule has 0 bridgehead atoms. The zero-order valence-corrected chi connectivity index (χ0v) is 16.6. The Morgan fingerprint density at radius 3 is 2.29 bits per heavy atom. The summed E-state index contributed by atoms with van der Waals surface area (Å²) in [6.45, 7) is 1.97. The normalized spacial score (nSPS) is 10.5. The predicted molar refractivity (Wildman–Crippen MR) is 111 cm³/mol. The van der Waals surface area contributed by atoms with Crippen LogP contribution in [0.15, 0.2) is 48.5 Å². The van der Waals surface area contributed by atoms with E-state index in [0.29, 0.717) is 15.7 Å². The monoisotopic (exact) mass is 419 g/mol. The highest BCUT2D eigenvalue weighted by molar-refractivity contribution is 6.36. The van der Waals surface area contributed by atoms with E-state index in [1.54, 1.807) is 18.2 Å². The van der Waals surface area contributed by atoms with Gasteiger partial charge < -0.3 is 5.32 Å². The molecule has 2 aromatic carbocycles. The number of rotatable bonds is 6. The standard InChI is InChI=1S/C20H19Cl2N3O3/c1-13-2-4-14(5-3-13)6-9-19(27)24-25-20(28)11-10-18(26)23-17-8-7-15(21)12-16(17)22/h2-9,12H,10-11H2,1H3,(H,23,26)(H,24,27)(H,25,28). The third-order valence-corrected chi connectivity index (χ3v) is 4.16. The molecule has 0 heterocycles. The first-order valence-corrected chi connectivity index (χ1v) is 9.17. The van der Waals surface area contributed by atoms with Crippen LogP contribution in [0.4, 0.5) is 5.69 Å². The lowest BCUT2D eigenvalue weighted by Crippen LogP contribution is -2.41. The number of carbonyl (C=O) groups is 3. The lowest BCUT2D eigenvalue weighted by Gasteiger charge is -2.08. The number of anilines is 1. The van der Waals surface area contributed by atoms with Crippen LogP contribution in [0.1, 0.15) is 24.0 Å². The van der Waals surface area contributed by atoms with Crippen LogP contribution in [0, 0.1) is 6.92 Å². The van der Waals surface area contributed by atoms with Crippen LogP contribution < -0.4 is 16.2 Å². The number of carbonyl (C=O) groups excluding carboxylic acids is 3. The molecule has 3 amide bonds. The van der Waals surface area contributed by atoms with E-state index in [9.17, 15) is 14.4 Å². The van der Waals surface area contributed by atoms with Crippen LogP contribution in [0.3, 0.4) is 0 Å². The first-order valence-electron chi connectivity index (χ1n) is 8.42. The van der Waals surface area contributed by atoms with Crippen LogP contribution in [0.25, 0.3) is 6.08 Å². The molecule has 0 aliphatic carbocycles. The molecule has 0 saturated carbocycles. The van der Waals surface area contributed by atoms with Gasteiger partial charge in [-0.15, -0.1) is 0 Å². The van der Waals surface area contributed by atoms with Crippen molar-refractivity contribution in [2.24, 2.45) is 0 Å². The maximum absolute atomic E-state index is 11.9. The maximum Gasteiger partial charge on any atom is 0.262 e. The summed E-state index contributed by atoms with van der Waals surface area (Å²) in [5.41, 5.74) is 6.91. The zero-order chi connectivity index (χ0) is 20.5. The van der Waals surface area contributed by atoms with E-state index >= 15 is 0 Å². The molecule has 0 unspecified atom stereocenters. The van der Waals surface area contributed by atoms with Gasteiger partial charge in [-0.05, 0) is 36.8 Å². The van der Waals surface area contributed by atoms with Gasteiger partial charge in [0, 0.05) is 23.9 Å². The summed E-state index contributed by atoms with van der Waals surface area (Å²) in [6.07, 6.45) is 2.77. The van der Waals surface area contributed by atoms with E-state index in [1.807, 2.05) is 31.2 Å². The Balaban J connectivity index is 1.70. The van der Waals surface area contributed by atoms with E-state index in [0.717, 1.165) is 11.1 Å². The molecule has 6 nitrogen and oxygen atoms in total. The van der Waals surface area contributed by atoms with Crippen LogP contribution in [-0.4, -0.2) is 17.7 Å². The lowest BCUT2D eigenvalue weighted by atomic mass is 10.1. The molecule has 0 aliphatic heterocycles. The Morgan fingerprint density at radius 2 is 1.61 bits per heavy atom. The van der Waals surface area contributed by atoms with Crippen molar-refractivity contribution in [1.29, 1.82) is 0 Å². The Morgan fingerprint density at radius 1 is 0.929 bits per heavy atom. The molecule has 0 aliphatic rings. The third kappa shape index (κ3) is 7.42. The molecular formula is C20H19Cl2N3O3. The summed E-state index contributed by atoms with van der Waals surface area (Å²) in [7, 11) is 0. The Labute approximate surface area is 172 Å². The van der Waals surface area contributed by atoms with Gasteiger partial charge in [0.2, 0.25) is 11.8 Å². The number of benzene rings is 2. The van der Waals surface area contributed by atoms with Crippen LogP contribution >= 0.6 is 23.2 Å². The Hall–Kier alpha value is -2.83. The number of amides is 3. The molecule has 2 aromatic rings. The third-order valence-electron chi connectivity index (χ3n) is 3.61. The van der Waals surface area contributed by atoms with Crippen LogP contribution in [0.5, 0.6) is 0 Å². The van der Waals surface area contributed by atoms with E-state index in [-0.39, 0.29) is 18.7 Å². The number of nitrogens with one attached hydrogen (secondary N) is 3. The summed E-state index contributed by atoms with van der Waals surface area (Å²) in [4.78, 5) is 35.4. The van der Waals surface area contributed by atoms with Crippen molar-refractivity contribution in [3.63, 3.8) is 0 Å². The van der Waals surface area contributed by atoms with Crippen molar-refractivity contribution in [2.45, 2.75) is 19.8 Å². The van der Waals surface area contributed by atoms with Crippen LogP contribution in [0.2, 0.25) is 10.0 Å². The predicted octanol–water partition coefficient (Wildman–Crippen LogP) is 3.88. The minimum Gasteiger partial charge on any atom is -0.325 e. The zero-order valence-electron chi connectivity index (χ0n) is 15.1. The van der Waals surface area contributed by atoms with E-state index in [1.165, 1.54) is 12.1 Å². The molecule has 0 saturated heterocycles. The second-order valence-corrected chi connectivity index (χ2v) is 6.80. The minimum atomic E-state index is -0.491. The van der Waals surface area contributed by atoms with E-state index in [4.69, 9.17) is 23.2 Å². The topological polar surface area (TPSA) is 87.3 Å². The molecule has 8 heteroatoms. The molecule has 2 rings (SSSR count). The molecule has 146 valence electrons. The SMILES string of the molecule is Cc1ccc(C=CC(=O)NNC(=O)CCC(=O)Nc2ccc(Cl)cc2Cl)cc1. The van der Waals surface area contributed by atoms with Crippen molar-refractivity contribution in [1.82, 2.24) is 10.9 Å². The quantitative estimate of drug-likeness (QED) is 0.490. The number of halogens is 2. The molecule has 0 radical (unpaired) electrons. The summed E-state index contributed by atoms with van der Waals surface area (Å²) < 4.78 is 0. The van der Waals surface area contributed by atoms with E-state index in [2.05, 4.69) is 16.2 Å². The van der Waals surface area contributed by atoms with Crippen LogP contribution in [-0.2, 0) is 14.4 Å². The summed E-state index contributed by atoms with van der Waals surface area (Å²) in [5, 5.41) is 3.35. The first kappa shape index (κ1) is 21.5. The van der Waals surface area contributed by atoms with Crippen molar-refractivity contribution < 1.29 is 14.4 Å². The average Bonchev–Trinajstić information content (AvgIpc) is 2.66. The van der Waals surface area contributed by atoms with Gasteiger partial charge in [-0.3, -0.25) is 25.2 Å². The maximum atomic E-state index is 11.9. The molecule has 0 atom stereocenters. The van der Waals surface area contributed by atoms with Gasteiger partial charge in [-0.2, -0.15) is 0 Å². The highest BCUT2D eigenvalue weighted by atomic mass is 35.5. The van der Waals surface area contributed by atoms with Gasteiger partial charge in [-0.25, -0.2) is 0 Å². The second-order valence-electron chi connectivity index (χ2n) is 5.95. The molecule has 0 fully saturated rings. The van der Waals surface area contributed by atoms with Crippen molar-refractivity contribution in [3.8, 4) is 0 Å². The largest absolute Gasteiger partial charge is 0.325 e. The number of hydrogen-bond donors (Lipinski definition) is 3. The molecular weight excluding hydrogens is 401 g/mol. The fourth-order valence-corrected chi connectivity index (χ4v) is 2.57. The fraction of sp³-hybridized carbons (Fsp3) is 0.150. The minimum absolute atomic E-state index is 0.0696. The number of hydrogen-bond acceptors (Lipinski definition) is 3. The molecule has 0 aromatic heterocycles. The molecule has 3 N–H and O–H groups in total. The highest BCUT2D eigenvalue weighted by Crippen LogP contribution is 2.25. The van der Waals surface area contributed by atoms with Gasteiger partial charge in [0.15, 0.2) is 0 Å². The molecule has 28 heavy (non-hydrogen) atoms. The highest BCUT2D eigenvalue weighted by Gasteiger charge is 2.09. The first-order chi connectivity index (χ1) is 13.3. The second kappa shape index (κ2) is 10.5. The van der Waals surface area contributed by atoms with Gasteiger partial charge in [0.25, 0.3) is 5.91 Å². The van der Waals surface area contributed by atoms with Crippen molar-refractivity contribution in [2.75, 3.05) is 5.32 Å².